The molecule has 1 N–H and O–H groups in total. The van der Waals surface area contributed by atoms with Crippen molar-refractivity contribution in [1.82, 2.24) is 24.8 Å². The van der Waals surface area contributed by atoms with Crippen LogP contribution >= 0.6 is 0 Å². The molecule has 0 spiro atoms. The first-order chi connectivity index (χ1) is 12.8. The summed E-state index contributed by atoms with van der Waals surface area (Å²) in [4.78, 5) is 23.3. The molecule has 0 unspecified atom stereocenters. The summed E-state index contributed by atoms with van der Waals surface area (Å²) in [5.41, 5.74) is 3.47. The smallest absolute Gasteiger partial charge is 0.317 e. The second-order valence-corrected chi connectivity index (χ2v) is 6.85. The number of aromatic nitrogens is 3. The molecule has 0 bridgehead atoms. The van der Waals surface area contributed by atoms with Crippen LogP contribution in [0.15, 0.2) is 61.2 Å². The largest absolute Gasteiger partial charge is 0.334 e. The van der Waals surface area contributed by atoms with Gasteiger partial charge in [0.05, 0.1) is 5.69 Å². The van der Waals surface area contributed by atoms with Crippen LogP contribution in [0.4, 0.5) is 4.79 Å². The van der Waals surface area contributed by atoms with E-state index < -0.39 is 0 Å². The zero-order chi connectivity index (χ0) is 17.5. The Balaban J connectivity index is 1.37. The van der Waals surface area contributed by atoms with Gasteiger partial charge < -0.3 is 14.8 Å². The van der Waals surface area contributed by atoms with E-state index >= 15 is 0 Å². The monoisotopic (exact) mass is 345 g/mol. The number of imidazole rings is 1. The lowest BCUT2D eigenvalue weighted by atomic mass is 9.84. The maximum atomic E-state index is 12.7. The zero-order valence-electron chi connectivity index (χ0n) is 14.2. The average molecular weight is 345 g/mol. The number of hydrogen-bond donors (Lipinski definition) is 1. The highest BCUT2D eigenvalue weighted by molar-refractivity contribution is 5.75. The number of nitrogens with zero attached hydrogens (tertiary/aromatic N) is 4. The maximum absolute atomic E-state index is 12.7. The molecule has 2 aliphatic rings. The fourth-order valence-corrected chi connectivity index (χ4v) is 4.15. The number of nitrogens with one attached hydrogen (secondary N) is 1. The average Bonchev–Trinajstić information content (AvgIpc) is 3.34. The number of likely N-dealkylation sites (tertiary alicyclic amines) is 1. The molecule has 2 aliphatic heterocycles. The lowest BCUT2D eigenvalue weighted by molar-refractivity contribution is 0.207. The van der Waals surface area contributed by atoms with Crippen LogP contribution in [0.1, 0.15) is 28.8 Å². The molecule has 3 aromatic rings. The van der Waals surface area contributed by atoms with Crippen LogP contribution in [0.3, 0.4) is 0 Å². The third-order valence-corrected chi connectivity index (χ3v) is 5.37. The number of rotatable bonds is 2. The summed E-state index contributed by atoms with van der Waals surface area (Å²) >= 11 is 0. The highest BCUT2D eigenvalue weighted by Gasteiger charge is 2.43. The quantitative estimate of drug-likeness (QED) is 0.777. The van der Waals surface area contributed by atoms with E-state index in [9.17, 15) is 4.79 Å². The third kappa shape index (κ3) is 2.37. The molecule has 6 nitrogen and oxygen atoms in total. The van der Waals surface area contributed by atoms with E-state index in [4.69, 9.17) is 0 Å². The van der Waals surface area contributed by atoms with Crippen molar-refractivity contribution in [2.75, 3.05) is 13.1 Å². The Hall–Kier alpha value is -3.15. The number of carbonyl (C=O) groups is 1. The summed E-state index contributed by atoms with van der Waals surface area (Å²) in [5.74, 6) is 1.59. The van der Waals surface area contributed by atoms with Gasteiger partial charge in [-0.3, -0.25) is 4.98 Å². The second-order valence-electron chi connectivity index (χ2n) is 6.85. The Labute approximate surface area is 151 Å². The van der Waals surface area contributed by atoms with E-state index in [0.717, 1.165) is 11.4 Å². The van der Waals surface area contributed by atoms with E-state index in [0.29, 0.717) is 25.6 Å². The molecule has 4 heterocycles. The van der Waals surface area contributed by atoms with Crippen molar-refractivity contribution in [3.63, 3.8) is 0 Å². The van der Waals surface area contributed by atoms with Gasteiger partial charge in [0, 0.05) is 56.3 Å². The lowest BCUT2D eigenvalue weighted by Crippen LogP contribution is -2.38. The third-order valence-electron chi connectivity index (χ3n) is 5.37. The fraction of sp³-hybridized carbons (Fsp3) is 0.250. The Morgan fingerprint density at radius 2 is 2.00 bits per heavy atom. The van der Waals surface area contributed by atoms with Crippen LogP contribution in [-0.2, 0) is 6.54 Å². The van der Waals surface area contributed by atoms with Crippen LogP contribution in [0.25, 0.3) is 5.69 Å². The summed E-state index contributed by atoms with van der Waals surface area (Å²) in [7, 11) is 0. The highest BCUT2D eigenvalue weighted by Crippen LogP contribution is 2.45. The van der Waals surface area contributed by atoms with Crippen molar-refractivity contribution >= 4 is 6.03 Å². The number of amides is 2. The molecule has 1 fully saturated rings. The van der Waals surface area contributed by atoms with Gasteiger partial charge in [-0.2, -0.15) is 0 Å². The van der Waals surface area contributed by atoms with Crippen LogP contribution < -0.4 is 5.32 Å². The summed E-state index contributed by atoms with van der Waals surface area (Å²) in [6.45, 7) is 1.89. The van der Waals surface area contributed by atoms with E-state index in [1.807, 2.05) is 29.4 Å². The number of pyridine rings is 1. The van der Waals surface area contributed by atoms with Gasteiger partial charge >= 0.3 is 6.03 Å². The molecule has 1 aromatic carbocycles. The molecule has 1 saturated heterocycles. The van der Waals surface area contributed by atoms with Gasteiger partial charge in [-0.25, -0.2) is 9.78 Å². The first-order valence-electron chi connectivity index (χ1n) is 8.85. The number of benzene rings is 1. The first-order valence-corrected chi connectivity index (χ1v) is 8.85. The van der Waals surface area contributed by atoms with E-state index in [1.54, 1.807) is 12.4 Å². The minimum Gasteiger partial charge on any atom is -0.334 e. The first kappa shape index (κ1) is 15.1. The molecule has 130 valence electrons. The molecule has 5 rings (SSSR count). The van der Waals surface area contributed by atoms with Crippen molar-refractivity contribution in [3.05, 3.63) is 78.1 Å². The molecule has 0 aliphatic carbocycles. The SMILES string of the molecule is O=C(NCc1cccnc1)N1C[C@@H]2c3nccn3-c3ccccc3[C@@H]2C1. The fourth-order valence-electron chi connectivity index (χ4n) is 4.15. The summed E-state index contributed by atoms with van der Waals surface area (Å²) in [5, 5.41) is 3.01. The van der Waals surface area contributed by atoms with Crippen LogP contribution in [0.5, 0.6) is 0 Å². The molecular weight excluding hydrogens is 326 g/mol. The van der Waals surface area contributed by atoms with Gasteiger partial charge in [0.2, 0.25) is 0 Å². The van der Waals surface area contributed by atoms with Crippen molar-refractivity contribution in [3.8, 4) is 5.69 Å². The van der Waals surface area contributed by atoms with Crippen LogP contribution in [0, 0.1) is 0 Å². The Morgan fingerprint density at radius 3 is 2.88 bits per heavy atom. The van der Waals surface area contributed by atoms with Gasteiger partial charge in [-0.15, -0.1) is 0 Å². The van der Waals surface area contributed by atoms with E-state index in [-0.39, 0.29) is 11.9 Å². The predicted molar refractivity (Wildman–Crippen MR) is 97.1 cm³/mol. The lowest BCUT2D eigenvalue weighted by Gasteiger charge is -2.28. The zero-order valence-corrected chi connectivity index (χ0v) is 14.2. The molecule has 2 aromatic heterocycles. The van der Waals surface area contributed by atoms with Crippen molar-refractivity contribution in [1.29, 1.82) is 0 Å². The number of para-hydroxylation sites is 1. The highest BCUT2D eigenvalue weighted by atomic mass is 16.2. The predicted octanol–water partition coefficient (Wildman–Crippen LogP) is 2.67. The van der Waals surface area contributed by atoms with Crippen LogP contribution in [0.2, 0.25) is 0 Å². The minimum absolute atomic E-state index is 0.0289. The van der Waals surface area contributed by atoms with Gasteiger partial charge in [0.15, 0.2) is 0 Å². The topological polar surface area (TPSA) is 63.1 Å². The van der Waals surface area contributed by atoms with Crippen molar-refractivity contribution in [2.24, 2.45) is 0 Å². The molecular formula is C20H19N5O. The molecule has 2 amide bonds. The molecule has 0 radical (unpaired) electrons. The standard InChI is InChI=1S/C20H19N5O/c26-20(23-11-14-4-3-7-21-10-14)24-12-16-15-5-1-2-6-18(15)25-9-8-22-19(25)17(16)13-24/h1-10,16-17H,11-13H2,(H,23,26)/t16-,17-/m0/s1. The molecule has 0 saturated carbocycles. The van der Waals surface area contributed by atoms with Crippen molar-refractivity contribution < 1.29 is 4.79 Å². The number of carbonyl (C=O) groups excluding carboxylic acids is 1. The summed E-state index contributed by atoms with van der Waals surface area (Å²) < 4.78 is 2.16. The number of fused-ring (bicyclic) bond motifs is 6. The van der Waals surface area contributed by atoms with Gasteiger partial charge in [-0.05, 0) is 23.3 Å². The number of hydrogen-bond acceptors (Lipinski definition) is 3. The minimum atomic E-state index is -0.0289. The van der Waals surface area contributed by atoms with Gasteiger partial charge in [-0.1, -0.05) is 24.3 Å². The molecule has 6 heteroatoms. The van der Waals surface area contributed by atoms with Crippen molar-refractivity contribution in [2.45, 2.75) is 18.4 Å². The summed E-state index contributed by atoms with van der Waals surface area (Å²) in [6, 6.07) is 12.2. The van der Waals surface area contributed by atoms with Gasteiger partial charge in [0.25, 0.3) is 0 Å². The number of urea groups is 1. The van der Waals surface area contributed by atoms with Gasteiger partial charge in [0.1, 0.15) is 5.82 Å². The summed E-state index contributed by atoms with van der Waals surface area (Å²) in [6.07, 6.45) is 7.36. The Bertz CT molecular complexity index is 952. The normalized spacial score (nSPS) is 20.2. The Kier molecular flexibility index (Phi) is 3.48. The maximum Gasteiger partial charge on any atom is 0.317 e. The van der Waals surface area contributed by atoms with Crippen LogP contribution in [-0.4, -0.2) is 38.6 Å². The molecule has 2 atom stereocenters. The molecule has 26 heavy (non-hydrogen) atoms. The van der Waals surface area contributed by atoms with E-state index in [1.165, 1.54) is 11.3 Å². The Morgan fingerprint density at radius 1 is 1.12 bits per heavy atom. The van der Waals surface area contributed by atoms with E-state index in [2.05, 4.69) is 44.1 Å². The second kappa shape index (κ2) is 5.98.